The molecule has 0 aromatic heterocycles. The Bertz CT molecular complexity index is 501. The summed E-state index contributed by atoms with van der Waals surface area (Å²) in [6.45, 7) is 6.34. The molecule has 3 N–H and O–H groups in total. The van der Waals surface area contributed by atoms with Crippen LogP contribution in [-0.2, 0) is 10.2 Å². The van der Waals surface area contributed by atoms with Gasteiger partial charge in [-0.15, -0.1) is 0 Å². The van der Waals surface area contributed by atoms with Crippen molar-refractivity contribution in [3.8, 4) is 11.5 Å². The Morgan fingerprint density at radius 1 is 1.27 bits per heavy atom. The Hall–Kier alpha value is -1.75. The molecule has 5 heteroatoms. The van der Waals surface area contributed by atoms with Gasteiger partial charge in [-0.3, -0.25) is 4.79 Å². The van der Waals surface area contributed by atoms with Gasteiger partial charge in [-0.25, -0.2) is 0 Å². The van der Waals surface area contributed by atoms with Crippen LogP contribution in [0.1, 0.15) is 39.2 Å². The molecule has 0 bridgehead atoms. The number of ether oxygens (including phenoxy) is 2. The van der Waals surface area contributed by atoms with Crippen molar-refractivity contribution < 1.29 is 14.3 Å². The Labute approximate surface area is 133 Å². The molecule has 1 aromatic carbocycles. The zero-order chi connectivity index (χ0) is 16.8. The first-order valence-corrected chi connectivity index (χ1v) is 7.63. The first kappa shape index (κ1) is 18.3. The molecule has 1 amide bonds. The monoisotopic (exact) mass is 308 g/mol. The molecule has 0 radical (unpaired) electrons. The number of carbonyl (C=O) groups is 1. The van der Waals surface area contributed by atoms with Gasteiger partial charge in [-0.2, -0.15) is 0 Å². The van der Waals surface area contributed by atoms with Crippen molar-refractivity contribution in [2.24, 2.45) is 5.73 Å². The first-order chi connectivity index (χ1) is 10.4. The number of amides is 1. The van der Waals surface area contributed by atoms with E-state index in [9.17, 15) is 4.79 Å². The minimum absolute atomic E-state index is 0.00449. The predicted octanol–water partition coefficient (Wildman–Crippen LogP) is 2.23. The highest BCUT2D eigenvalue weighted by molar-refractivity contribution is 5.87. The first-order valence-electron chi connectivity index (χ1n) is 7.63. The van der Waals surface area contributed by atoms with Crippen LogP contribution in [0.4, 0.5) is 0 Å². The summed E-state index contributed by atoms with van der Waals surface area (Å²) in [7, 11) is 3.17. The molecule has 0 saturated heterocycles. The molecule has 5 nitrogen and oxygen atoms in total. The largest absolute Gasteiger partial charge is 0.493 e. The molecule has 0 fully saturated rings. The molecule has 124 valence electrons. The van der Waals surface area contributed by atoms with Crippen molar-refractivity contribution in [3.05, 3.63) is 23.8 Å². The van der Waals surface area contributed by atoms with E-state index in [1.807, 2.05) is 32.0 Å². The van der Waals surface area contributed by atoms with Gasteiger partial charge in [0.15, 0.2) is 11.5 Å². The smallest absolute Gasteiger partial charge is 0.230 e. The van der Waals surface area contributed by atoms with Gasteiger partial charge in [0.1, 0.15) is 0 Å². The van der Waals surface area contributed by atoms with Crippen LogP contribution < -0.4 is 20.5 Å². The van der Waals surface area contributed by atoms with Gasteiger partial charge in [0, 0.05) is 12.6 Å². The van der Waals surface area contributed by atoms with Gasteiger partial charge in [-0.05, 0) is 38.0 Å². The maximum absolute atomic E-state index is 12.5. The van der Waals surface area contributed by atoms with Gasteiger partial charge in [0.2, 0.25) is 5.91 Å². The second kappa shape index (κ2) is 8.03. The second-order valence-electron chi connectivity index (χ2n) is 5.95. The van der Waals surface area contributed by atoms with Crippen LogP contribution in [0.15, 0.2) is 18.2 Å². The van der Waals surface area contributed by atoms with Crippen molar-refractivity contribution in [1.29, 1.82) is 0 Å². The number of carbonyl (C=O) groups excluding carboxylic acids is 1. The van der Waals surface area contributed by atoms with Crippen LogP contribution in [0.3, 0.4) is 0 Å². The van der Waals surface area contributed by atoms with Gasteiger partial charge >= 0.3 is 0 Å². The summed E-state index contributed by atoms with van der Waals surface area (Å²) in [6.07, 6.45) is 1.91. The maximum atomic E-state index is 12.5. The van der Waals surface area contributed by atoms with Crippen molar-refractivity contribution in [3.63, 3.8) is 0 Å². The van der Waals surface area contributed by atoms with E-state index in [-0.39, 0.29) is 11.9 Å². The lowest BCUT2D eigenvalue weighted by Crippen LogP contribution is -2.45. The number of nitrogens with one attached hydrogen (secondary N) is 1. The normalized spacial score (nSPS) is 12.6. The highest BCUT2D eigenvalue weighted by atomic mass is 16.5. The summed E-state index contributed by atoms with van der Waals surface area (Å²) in [4.78, 5) is 12.5. The molecule has 1 rings (SSSR count). The highest BCUT2D eigenvalue weighted by Crippen LogP contribution is 2.33. The number of nitrogens with two attached hydrogens (primary N) is 1. The van der Waals surface area contributed by atoms with Gasteiger partial charge < -0.3 is 20.5 Å². The summed E-state index contributed by atoms with van der Waals surface area (Å²) in [5, 5.41) is 2.94. The lowest BCUT2D eigenvalue weighted by atomic mass is 9.83. The molecule has 0 aliphatic carbocycles. The summed E-state index contributed by atoms with van der Waals surface area (Å²) in [6, 6.07) is 5.53. The highest BCUT2D eigenvalue weighted by Gasteiger charge is 2.30. The third kappa shape index (κ3) is 4.37. The SMILES string of the molecule is CCCC(N)CNC(=O)C(C)(C)c1ccc(OC)c(OC)c1. The molecular formula is C17H28N2O3. The van der Waals surface area contributed by atoms with Gasteiger partial charge in [0.05, 0.1) is 19.6 Å². The van der Waals surface area contributed by atoms with Gasteiger partial charge in [0.25, 0.3) is 0 Å². The molecule has 0 heterocycles. The topological polar surface area (TPSA) is 73.6 Å². The summed E-state index contributed by atoms with van der Waals surface area (Å²) < 4.78 is 10.5. The third-order valence-electron chi connectivity index (χ3n) is 3.86. The predicted molar refractivity (Wildman–Crippen MR) is 88.5 cm³/mol. The molecule has 0 aliphatic heterocycles. The summed E-state index contributed by atoms with van der Waals surface area (Å²) >= 11 is 0. The molecule has 1 unspecified atom stereocenters. The van der Waals surface area contributed by atoms with E-state index in [0.29, 0.717) is 18.0 Å². The van der Waals surface area contributed by atoms with Crippen LogP contribution in [0.5, 0.6) is 11.5 Å². The quantitative estimate of drug-likeness (QED) is 0.772. The Morgan fingerprint density at radius 3 is 2.45 bits per heavy atom. The van der Waals surface area contributed by atoms with E-state index in [1.165, 1.54) is 0 Å². The third-order valence-corrected chi connectivity index (χ3v) is 3.86. The number of rotatable bonds is 8. The summed E-state index contributed by atoms with van der Waals surface area (Å²) in [5.41, 5.74) is 6.14. The molecular weight excluding hydrogens is 280 g/mol. The number of hydrogen-bond donors (Lipinski definition) is 2. The molecule has 1 atom stereocenters. The average molecular weight is 308 g/mol. The van der Waals surface area contributed by atoms with Crippen LogP contribution >= 0.6 is 0 Å². The van der Waals surface area contributed by atoms with Crippen molar-refractivity contribution in [2.45, 2.75) is 45.1 Å². The molecule has 0 aliphatic rings. The Kier molecular flexibility index (Phi) is 6.68. The minimum Gasteiger partial charge on any atom is -0.493 e. The molecule has 22 heavy (non-hydrogen) atoms. The van der Waals surface area contributed by atoms with E-state index in [0.717, 1.165) is 18.4 Å². The Balaban J connectivity index is 2.86. The van der Waals surface area contributed by atoms with Crippen molar-refractivity contribution in [1.82, 2.24) is 5.32 Å². The van der Waals surface area contributed by atoms with E-state index in [4.69, 9.17) is 15.2 Å². The zero-order valence-electron chi connectivity index (χ0n) is 14.2. The number of methoxy groups -OCH3 is 2. The van der Waals surface area contributed by atoms with Crippen molar-refractivity contribution >= 4 is 5.91 Å². The fourth-order valence-corrected chi connectivity index (χ4v) is 2.27. The standard InChI is InChI=1S/C17H28N2O3/c1-6-7-13(18)11-19-16(20)17(2,3)12-8-9-14(21-4)15(10-12)22-5/h8-10,13H,6-7,11,18H2,1-5H3,(H,19,20). The lowest BCUT2D eigenvalue weighted by Gasteiger charge is -2.26. The van der Waals surface area contributed by atoms with E-state index >= 15 is 0 Å². The Morgan fingerprint density at radius 2 is 1.91 bits per heavy atom. The van der Waals surface area contributed by atoms with Crippen molar-refractivity contribution in [2.75, 3.05) is 20.8 Å². The average Bonchev–Trinajstić information content (AvgIpc) is 2.51. The minimum atomic E-state index is -0.675. The fraction of sp³-hybridized carbons (Fsp3) is 0.588. The van der Waals surface area contributed by atoms with E-state index in [1.54, 1.807) is 14.2 Å². The van der Waals surface area contributed by atoms with E-state index < -0.39 is 5.41 Å². The lowest BCUT2D eigenvalue weighted by molar-refractivity contribution is -0.125. The van der Waals surface area contributed by atoms with Crippen LogP contribution in [0.2, 0.25) is 0 Å². The number of benzene rings is 1. The fourth-order valence-electron chi connectivity index (χ4n) is 2.27. The molecule has 0 spiro atoms. The summed E-state index contributed by atoms with van der Waals surface area (Å²) in [5.74, 6) is 1.21. The van der Waals surface area contributed by atoms with E-state index in [2.05, 4.69) is 12.2 Å². The number of hydrogen-bond acceptors (Lipinski definition) is 4. The molecule has 0 saturated carbocycles. The van der Waals surface area contributed by atoms with Gasteiger partial charge in [-0.1, -0.05) is 19.4 Å². The zero-order valence-corrected chi connectivity index (χ0v) is 14.2. The van der Waals surface area contributed by atoms with Crippen LogP contribution in [0, 0.1) is 0 Å². The second-order valence-corrected chi connectivity index (χ2v) is 5.95. The van der Waals surface area contributed by atoms with Crippen LogP contribution in [-0.4, -0.2) is 32.7 Å². The molecule has 1 aromatic rings. The van der Waals surface area contributed by atoms with Crippen LogP contribution in [0.25, 0.3) is 0 Å². The maximum Gasteiger partial charge on any atom is 0.230 e.